The van der Waals surface area contributed by atoms with Crippen LogP contribution in [0.15, 0.2) is 42.5 Å². The molecule has 2 aromatic carbocycles. The van der Waals surface area contributed by atoms with Crippen molar-refractivity contribution < 1.29 is 17.9 Å². The minimum Gasteiger partial charge on any atom is -0.457 e. The maximum atomic E-state index is 12.4. The van der Waals surface area contributed by atoms with Crippen molar-refractivity contribution in [1.29, 1.82) is 5.26 Å². The highest BCUT2D eigenvalue weighted by molar-refractivity contribution is 5.43. The Morgan fingerprint density at radius 3 is 2.10 bits per heavy atom. The van der Waals surface area contributed by atoms with E-state index in [2.05, 4.69) is 0 Å². The summed E-state index contributed by atoms with van der Waals surface area (Å²) in [4.78, 5) is 0. The number of nitriles is 1. The lowest BCUT2D eigenvalue weighted by Crippen LogP contribution is -2.03. The van der Waals surface area contributed by atoms with Gasteiger partial charge in [0.25, 0.3) is 0 Å². The highest BCUT2D eigenvalue weighted by Crippen LogP contribution is 2.31. The van der Waals surface area contributed by atoms with E-state index in [0.29, 0.717) is 17.1 Å². The predicted octanol–water partition coefficient (Wildman–Crippen LogP) is 4.68. The molecule has 0 saturated carbocycles. The normalized spacial score (nSPS) is 10.9. The van der Waals surface area contributed by atoms with Gasteiger partial charge < -0.3 is 4.74 Å². The van der Waals surface area contributed by atoms with E-state index < -0.39 is 11.7 Å². The molecule has 2 aromatic rings. The fourth-order valence-corrected chi connectivity index (χ4v) is 1.67. The van der Waals surface area contributed by atoms with Crippen LogP contribution in [0.5, 0.6) is 11.5 Å². The molecule has 102 valence electrons. The molecule has 20 heavy (non-hydrogen) atoms. The van der Waals surface area contributed by atoms with Crippen molar-refractivity contribution in [2.75, 3.05) is 0 Å². The lowest BCUT2D eigenvalue weighted by Gasteiger charge is -2.09. The summed E-state index contributed by atoms with van der Waals surface area (Å²) in [5.41, 5.74) is 0.558. The Balaban J connectivity index is 2.19. The molecule has 0 aliphatic carbocycles. The minimum absolute atomic E-state index is 0.308. The summed E-state index contributed by atoms with van der Waals surface area (Å²) in [7, 11) is 0. The maximum absolute atomic E-state index is 12.4. The smallest absolute Gasteiger partial charge is 0.416 e. The standard InChI is InChI=1S/C15H10F3NO/c1-10-8-14(5-2-11(10)9-19)20-13-6-3-12(4-7-13)15(16,17)18/h2-8H,1H3. The van der Waals surface area contributed by atoms with Gasteiger partial charge in [0.05, 0.1) is 17.2 Å². The Bertz CT molecular complexity index is 654. The Labute approximate surface area is 114 Å². The first kappa shape index (κ1) is 13.9. The first-order chi connectivity index (χ1) is 9.40. The molecule has 0 atom stereocenters. The van der Waals surface area contributed by atoms with E-state index in [0.717, 1.165) is 17.7 Å². The molecular formula is C15H10F3NO. The molecular weight excluding hydrogens is 267 g/mol. The Kier molecular flexibility index (Phi) is 3.66. The maximum Gasteiger partial charge on any atom is 0.416 e. The third kappa shape index (κ3) is 3.09. The van der Waals surface area contributed by atoms with Gasteiger partial charge in [-0.3, -0.25) is 0 Å². The second-order valence-corrected chi connectivity index (χ2v) is 4.21. The zero-order valence-electron chi connectivity index (χ0n) is 10.5. The molecule has 2 rings (SSSR count). The number of nitrogens with zero attached hydrogens (tertiary/aromatic N) is 1. The van der Waals surface area contributed by atoms with Gasteiger partial charge in [-0.2, -0.15) is 18.4 Å². The second kappa shape index (κ2) is 5.25. The van der Waals surface area contributed by atoms with Crippen molar-refractivity contribution in [1.82, 2.24) is 0 Å². The van der Waals surface area contributed by atoms with Crippen LogP contribution in [0.2, 0.25) is 0 Å². The number of alkyl halides is 3. The summed E-state index contributed by atoms with van der Waals surface area (Å²) in [6, 6.07) is 11.3. The summed E-state index contributed by atoms with van der Waals surface area (Å²) in [5, 5.41) is 8.81. The summed E-state index contributed by atoms with van der Waals surface area (Å²) in [6.07, 6.45) is -4.36. The average molecular weight is 277 g/mol. The molecule has 0 amide bonds. The highest BCUT2D eigenvalue weighted by Gasteiger charge is 2.30. The third-order valence-electron chi connectivity index (χ3n) is 2.74. The Morgan fingerprint density at radius 2 is 1.60 bits per heavy atom. The molecule has 0 bridgehead atoms. The van der Waals surface area contributed by atoms with Gasteiger partial charge >= 0.3 is 6.18 Å². The quantitative estimate of drug-likeness (QED) is 0.798. The van der Waals surface area contributed by atoms with E-state index in [9.17, 15) is 13.2 Å². The number of halogens is 3. The first-order valence-corrected chi connectivity index (χ1v) is 5.76. The van der Waals surface area contributed by atoms with Crippen LogP contribution in [0.1, 0.15) is 16.7 Å². The average Bonchev–Trinajstić information content (AvgIpc) is 2.38. The number of rotatable bonds is 2. The summed E-state index contributed by atoms with van der Waals surface area (Å²) < 4.78 is 42.7. The van der Waals surface area contributed by atoms with E-state index in [1.54, 1.807) is 25.1 Å². The van der Waals surface area contributed by atoms with E-state index >= 15 is 0 Å². The zero-order valence-corrected chi connectivity index (χ0v) is 10.5. The van der Waals surface area contributed by atoms with Crippen LogP contribution >= 0.6 is 0 Å². The molecule has 0 spiro atoms. The Morgan fingerprint density at radius 1 is 1.00 bits per heavy atom. The SMILES string of the molecule is Cc1cc(Oc2ccc(C(F)(F)F)cc2)ccc1C#N. The van der Waals surface area contributed by atoms with Gasteiger partial charge in [-0.15, -0.1) is 0 Å². The predicted molar refractivity (Wildman–Crippen MR) is 67.4 cm³/mol. The van der Waals surface area contributed by atoms with E-state index in [4.69, 9.17) is 10.00 Å². The number of benzene rings is 2. The second-order valence-electron chi connectivity index (χ2n) is 4.21. The van der Waals surface area contributed by atoms with Gasteiger partial charge in [0.15, 0.2) is 0 Å². The lowest BCUT2D eigenvalue weighted by atomic mass is 10.1. The van der Waals surface area contributed by atoms with Gasteiger partial charge in [0.1, 0.15) is 11.5 Å². The van der Waals surface area contributed by atoms with Crippen molar-refractivity contribution in [3.63, 3.8) is 0 Å². The summed E-state index contributed by atoms with van der Waals surface area (Å²) in [6.45, 7) is 1.76. The number of ether oxygens (including phenoxy) is 1. The van der Waals surface area contributed by atoms with Crippen LogP contribution in [-0.4, -0.2) is 0 Å². The summed E-state index contributed by atoms with van der Waals surface area (Å²) in [5.74, 6) is 0.781. The minimum atomic E-state index is -4.36. The molecule has 0 unspecified atom stereocenters. The van der Waals surface area contributed by atoms with E-state index in [1.807, 2.05) is 6.07 Å². The monoisotopic (exact) mass is 277 g/mol. The van der Waals surface area contributed by atoms with Crippen LogP contribution in [0.3, 0.4) is 0 Å². The first-order valence-electron chi connectivity index (χ1n) is 5.76. The third-order valence-corrected chi connectivity index (χ3v) is 2.74. The van der Waals surface area contributed by atoms with E-state index in [1.165, 1.54) is 12.1 Å². The van der Waals surface area contributed by atoms with Gasteiger partial charge in [-0.25, -0.2) is 0 Å². The van der Waals surface area contributed by atoms with Crippen molar-refractivity contribution in [3.8, 4) is 17.6 Å². The van der Waals surface area contributed by atoms with Crippen LogP contribution in [-0.2, 0) is 6.18 Å². The number of aryl methyl sites for hydroxylation is 1. The molecule has 0 radical (unpaired) electrons. The number of hydrogen-bond donors (Lipinski definition) is 0. The van der Waals surface area contributed by atoms with Gasteiger partial charge in [-0.05, 0) is 55.0 Å². The molecule has 0 aliphatic heterocycles. The van der Waals surface area contributed by atoms with Crippen LogP contribution in [0.4, 0.5) is 13.2 Å². The van der Waals surface area contributed by atoms with Crippen molar-refractivity contribution >= 4 is 0 Å². The highest BCUT2D eigenvalue weighted by atomic mass is 19.4. The molecule has 0 N–H and O–H groups in total. The topological polar surface area (TPSA) is 33.0 Å². The van der Waals surface area contributed by atoms with E-state index in [-0.39, 0.29) is 0 Å². The molecule has 0 heterocycles. The van der Waals surface area contributed by atoms with Crippen molar-refractivity contribution in [2.45, 2.75) is 13.1 Å². The molecule has 0 aliphatic rings. The summed E-state index contributed by atoms with van der Waals surface area (Å²) >= 11 is 0. The van der Waals surface area contributed by atoms with Gasteiger partial charge in [-0.1, -0.05) is 0 Å². The lowest BCUT2D eigenvalue weighted by molar-refractivity contribution is -0.137. The molecule has 0 saturated heterocycles. The molecule has 2 nitrogen and oxygen atoms in total. The molecule has 0 aromatic heterocycles. The Hall–Kier alpha value is -2.48. The van der Waals surface area contributed by atoms with Gasteiger partial charge in [0.2, 0.25) is 0 Å². The largest absolute Gasteiger partial charge is 0.457 e. The van der Waals surface area contributed by atoms with Crippen LogP contribution in [0, 0.1) is 18.3 Å². The molecule has 5 heteroatoms. The fourth-order valence-electron chi connectivity index (χ4n) is 1.67. The van der Waals surface area contributed by atoms with Crippen LogP contribution < -0.4 is 4.74 Å². The molecule has 0 fully saturated rings. The van der Waals surface area contributed by atoms with Gasteiger partial charge in [0, 0.05) is 0 Å². The van der Waals surface area contributed by atoms with Crippen LogP contribution in [0.25, 0.3) is 0 Å². The van der Waals surface area contributed by atoms with Crippen molar-refractivity contribution in [2.24, 2.45) is 0 Å². The number of hydrogen-bond acceptors (Lipinski definition) is 2. The zero-order chi connectivity index (χ0) is 14.8. The fraction of sp³-hybridized carbons (Fsp3) is 0.133. The van der Waals surface area contributed by atoms with Crippen molar-refractivity contribution in [3.05, 3.63) is 59.2 Å².